The van der Waals surface area contributed by atoms with Gasteiger partial charge in [0.2, 0.25) is 0 Å². The third-order valence-corrected chi connectivity index (χ3v) is 3.43. The molecule has 0 fully saturated rings. The van der Waals surface area contributed by atoms with Crippen LogP contribution in [-0.4, -0.2) is 21.5 Å². The predicted molar refractivity (Wildman–Crippen MR) is 92.6 cm³/mol. The first kappa shape index (κ1) is 15.8. The van der Waals surface area contributed by atoms with Gasteiger partial charge in [-0.25, -0.2) is 0 Å². The Balaban J connectivity index is 1.98. The molecule has 0 heterocycles. The van der Waals surface area contributed by atoms with Crippen LogP contribution in [0.25, 0.3) is 0 Å². The summed E-state index contributed by atoms with van der Waals surface area (Å²) in [6.45, 7) is 4.04. The Hall–Kier alpha value is -2.60. The summed E-state index contributed by atoms with van der Waals surface area (Å²) in [5.74, 6) is -0.0614. The molecule has 0 saturated carbocycles. The molecule has 4 N–H and O–H groups in total. The number of aryl methyl sites for hydroxylation is 1. The summed E-state index contributed by atoms with van der Waals surface area (Å²) >= 11 is 5.17. The summed E-state index contributed by atoms with van der Waals surface area (Å²) in [4.78, 5) is 0. The molecule has 0 unspecified atom stereocenters. The fourth-order valence-corrected chi connectivity index (χ4v) is 2.00. The highest BCUT2D eigenvalue weighted by molar-refractivity contribution is 7.80. The van der Waals surface area contributed by atoms with E-state index in [9.17, 15) is 10.2 Å². The highest BCUT2D eigenvalue weighted by Crippen LogP contribution is 2.20. The van der Waals surface area contributed by atoms with Gasteiger partial charge in [-0.05, 0) is 55.4 Å². The Morgan fingerprint density at radius 3 is 2.68 bits per heavy atom. The van der Waals surface area contributed by atoms with E-state index in [0.717, 1.165) is 11.3 Å². The van der Waals surface area contributed by atoms with E-state index in [4.69, 9.17) is 12.2 Å². The number of benzene rings is 2. The van der Waals surface area contributed by atoms with Crippen LogP contribution in [0.1, 0.15) is 16.7 Å². The molecule has 114 valence electrons. The molecule has 6 heteroatoms. The highest BCUT2D eigenvalue weighted by atomic mass is 32.1. The fourth-order valence-electron chi connectivity index (χ4n) is 1.84. The summed E-state index contributed by atoms with van der Waals surface area (Å²) in [6, 6.07) is 10.2. The van der Waals surface area contributed by atoms with Crippen molar-refractivity contribution in [2.45, 2.75) is 13.8 Å². The maximum atomic E-state index is 9.63. The molecule has 0 atom stereocenters. The number of nitrogens with one attached hydrogen (secondary N) is 2. The van der Waals surface area contributed by atoms with Gasteiger partial charge in [0.05, 0.1) is 6.21 Å². The molecule has 0 spiro atoms. The second kappa shape index (κ2) is 6.91. The van der Waals surface area contributed by atoms with E-state index in [1.165, 1.54) is 23.9 Å². The zero-order valence-electron chi connectivity index (χ0n) is 12.3. The van der Waals surface area contributed by atoms with Crippen molar-refractivity contribution in [2.75, 3.05) is 5.32 Å². The van der Waals surface area contributed by atoms with Gasteiger partial charge in [0.25, 0.3) is 0 Å². The third-order valence-electron chi connectivity index (χ3n) is 3.24. The van der Waals surface area contributed by atoms with Crippen molar-refractivity contribution < 1.29 is 10.2 Å². The molecule has 0 bridgehead atoms. The van der Waals surface area contributed by atoms with Crippen LogP contribution in [0.3, 0.4) is 0 Å². The molecule has 0 aromatic heterocycles. The van der Waals surface area contributed by atoms with Crippen molar-refractivity contribution in [3.63, 3.8) is 0 Å². The Morgan fingerprint density at radius 2 is 1.95 bits per heavy atom. The monoisotopic (exact) mass is 315 g/mol. The Kier molecular flexibility index (Phi) is 4.95. The maximum absolute atomic E-state index is 9.63. The third kappa shape index (κ3) is 3.95. The van der Waals surface area contributed by atoms with E-state index in [-0.39, 0.29) is 11.5 Å². The molecule has 5 nitrogen and oxygen atoms in total. The molecule has 22 heavy (non-hydrogen) atoms. The smallest absolute Gasteiger partial charge is 0.191 e. The molecule has 0 amide bonds. The minimum absolute atomic E-state index is 0.00489. The van der Waals surface area contributed by atoms with Gasteiger partial charge < -0.3 is 15.5 Å². The quantitative estimate of drug-likeness (QED) is 0.398. The molecular formula is C16H17N3O2S. The van der Waals surface area contributed by atoms with E-state index < -0.39 is 0 Å². The number of aromatic hydroxyl groups is 2. The fraction of sp³-hybridized carbons (Fsp3) is 0.125. The Morgan fingerprint density at radius 1 is 1.18 bits per heavy atom. The summed E-state index contributed by atoms with van der Waals surface area (Å²) < 4.78 is 0. The van der Waals surface area contributed by atoms with Gasteiger partial charge in [-0.1, -0.05) is 12.1 Å². The van der Waals surface area contributed by atoms with Crippen LogP contribution in [0.15, 0.2) is 41.5 Å². The first-order valence-corrected chi connectivity index (χ1v) is 7.06. The minimum atomic E-state index is -0.0565. The highest BCUT2D eigenvalue weighted by Gasteiger charge is 2.02. The van der Waals surface area contributed by atoms with Crippen LogP contribution in [0, 0.1) is 13.8 Å². The average Bonchev–Trinajstić information content (AvgIpc) is 2.46. The van der Waals surface area contributed by atoms with Crippen LogP contribution in [0.4, 0.5) is 5.69 Å². The van der Waals surface area contributed by atoms with E-state index in [2.05, 4.69) is 15.8 Å². The second-order valence-corrected chi connectivity index (χ2v) is 5.22. The summed E-state index contributed by atoms with van der Waals surface area (Å²) in [5, 5.41) is 26.2. The lowest BCUT2D eigenvalue weighted by Gasteiger charge is -2.11. The summed E-state index contributed by atoms with van der Waals surface area (Å²) in [5.41, 5.74) is 6.36. The van der Waals surface area contributed by atoms with Crippen molar-refractivity contribution >= 4 is 29.2 Å². The van der Waals surface area contributed by atoms with E-state index in [0.29, 0.717) is 10.7 Å². The van der Waals surface area contributed by atoms with E-state index in [1.54, 1.807) is 6.07 Å². The van der Waals surface area contributed by atoms with Gasteiger partial charge >= 0.3 is 0 Å². The maximum Gasteiger partial charge on any atom is 0.191 e. The number of rotatable bonds is 3. The molecule has 0 aliphatic heterocycles. The van der Waals surface area contributed by atoms with E-state index in [1.807, 2.05) is 32.0 Å². The first-order chi connectivity index (χ1) is 10.5. The standard InChI is InChI=1S/C16H17N3O2S/c1-10-4-3-5-14(11(10)2)18-16(22)19-17-9-12-6-7-13(20)8-15(12)21/h3-9,20-21H,1-2H3,(H2,18,19,22). The lowest BCUT2D eigenvalue weighted by atomic mass is 10.1. The Labute approximate surface area is 134 Å². The van der Waals surface area contributed by atoms with Crippen molar-refractivity contribution in [3.05, 3.63) is 53.1 Å². The van der Waals surface area contributed by atoms with E-state index >= 15 is 0 Å². The predicted octanol–water partition coefficient (Wildman–Crippen LogP) is 3.04. The first-order valence-electron chi connectivity index (χ1n) is 6.65. The minimum Gasteiger partial charge on any atom is -0.508 e. The Bertz CT molecular complexity index is 729. The number of phenols is 2. The molecule has 0 saturated heterocycles. The summed E-state index contributed by atoms with van der Waals surface area (Å²) in [7, 11) is 0. The number of nitrogens with zero attached hydrogens (tertiary/aromatic N) is 1. The number of phenolic OH excluding ortho intramolecular Hbond substituents is 2. The second-order valence-electron chi connectivity index (χ2n) is 4.81. The zero-order valence-corrected chi connectivity index (χ0v) is 13.1. The molecule has 0 radical (unpaired) electrons. The van der Waals surface area contributed by atoms with Crippen LogP contribution < -0.4 is 10.7 Å². The molecule has 2 aromatic rings. The van der Waals surface area contributed by atoms with Crippen LogP contribution >= 0.6 is 12.2 Å². The van der Waals surface area contributed by atoms with Gasteiger partial charge in [-0.15, -0.1) is 0 Å². The van der Waals surface area contributed by atoms with Gasteiger partial charge in [-0.2, -0.15) is 5.10 Å². The lowest BCUT2D eigenvalue weighted by Crippen LogP contribution is -2.24. The van der Waals surface area contributed by atoms with Crippen molar-refractivity contribution in [1.29, 1.82) is 0 Å². The lowest BCUT2D eigenvalue weighted by molar-refractivity contribution is 0.450. The number of thiocarbonyl (C=S) groups is 1. The number of hydrogen-bond acceptors (Lipinski definition) is 4. The van der Waals surface area contributed by atoms with Crippen LogP contribution in [-0.2, 0) is 0 Å². The number of hydrogen-bond donors (Lipinski definition) is 4. The van der Waals surface area contributed by atoms with Gasteiger partial charge in [0.15, 0.2) is 5.11 Å². The largest absolute Gasteiger partial charge is 0.508 e. The molecular weight excluding hydrogens is 298 g/mol. The average molecular weight is 315 g/mol. The molecule has 0 aliphatic carbocycles. The zero-order chi connectivity index (χ0) is 16.1. The van der Waals surface area contributed by atoms with Crippen LogP contribution in [0.5, 0.6) is 11.5 Å². The van der Waals surface area contributed by atoms with Crippen molar-refractivity contribution in [2.24, 2.45) is 5.10 Å². The van der Waals surface area contributed by atoms with Gasteiger partial charge in [-0.3, -0.25) is 5.43 Å². The number of anilines is 1. The molecule has 0 aliphatic rings. The molecule has 2 rings (SSSR count). The van der Waals surface area contributed by atoms with Crippen molar-refractivity contribution in [3.8, 4) is 11.5 Å². The SMILES string of the molecule is Cc1cccc(NC(=S)NN=Cc2ccc(O)cc2O)c1C. The van der Waals surface area contributed by atoms with Gasteiger partial charge in [0.1, 0.15) is 11.5 Å². The molecule has 2 aromatic carbocycles. The topological polar surface area (TPSA) is 76.9 Å². The van der Waals surface area contributed by atoms with Gasteiger partial charge in [0, 0.05) is 17.3 Å². The normalized spacial score (nSPS) is 10.6. The van der Waals surface area contributed by atoms with Crippen molar-refractivity contribution in [1.82, 2.24) is 5.43 Å². The van der Waals surface area contributed by atoms with Crippen LogP contribution in [0.2, 0.25) is 0 Å². The number of hydrazone groups is 1. The summed E-state index contributed by atoms with van der Waals surface area (Å²) in [6.07, 6.45) is 1.42.